The van der Waals surface area contributed by atoms with Crippen molar-refractivity contribution in [2.45, 2.75) is 45.6 Å². The third kappa shape index (κ3) is 4.15. The third-order valence-corrected chi connectivity index (χ3v) is 6.61. The molecule has 0 spiro atoms. The maximum atomic E-state index is 12.5. The van der Waals surface area contributed by atoms with E-state index in [1.54, 1.807) is 38.1 Å². The van der Waals surface area contributed by atoms with E-state index in [1.165, 1.54) is 19.1 Å². The Hall–Kier alpha value is -2.97. The molecule has 158 valence electrons. The topological polar surface area (TPSA) is 103 Å². The minimum atomic E-state index is -3.89. The van der Waals surface area contributed by atoms with Gasteiger partial charge in [-0.2, -0.15) is 4.72 Å². The molecule has 8 heteroatoms. The van der Waals surface area contributed by atoms with Gasteiger partial charge in [-0.3, -0.25) is 0 Å². The molecule has 2 aromatic carbocycles. The van der Waals surface area contributed by atoms with Crippen LogP contribution in [0.15, 0.2) is 50.5 Å². The number of benzene rings is 2. The van der Waals surface area contributed by atoms with E-state index >= 15 is 0 Å². The molecule has 0 aliphatic rings. The van der Waals surface area contributed by atoms with Crippen molar-refractivity contribution in [3.05, 3.63) is 69.1 Å². The van der Waals surface area contributed by atoms with E-state index in [4.69, 9.17) is 9.15 Å². The van der Waals surface area contributed by atoms with Crippen molar-refractivity contribution in [1.82, 2.24) is 4.72 Å². The highest BCUT2D eigenvalue weighted by molar-refractivity contribution is 7.89. The number of carbonyl (C=O) groups excluding carboxylic acids is 1. The summed E-state index contributed by atoms with van der Waals surface area (Å²) in [6, 6.07) is 8.46. The maximum Gasteiger partial charge on any atom is 0.339 e. The number of nitrogens with one attached hydrogen (secondary N) is 1. The van der Waals surface area contributed by atoms with Gasteiger partial charge < -0.3 is 9.15 Å². The minimum Gasteiger partial charge on any atom is -0.425 e. The van der Waals surface area contributed by atoms with Crippen LogP contribution < -0.4 is 15.1 Å². The molecule has 7 nitrogen and oxygen atoms in total. The van der Waals surface area contributed by atoms with Crippen molar-refractivity contribution in [2.24, 2.45) is 0 Å². The van der Waals surface area contributed by atoms with E-state index in [9.17, 15) is 18.0 Å². The van der Waals surface area contributed by atoms with Crippen LogP contribution in [0.3, 0.4) is 0 Å². The van der Waals surface area contributed by atoms with Crippen LogP contribution in [-0.4, -0.2) is 20.4 Å². The lowest BCUT2D eigenvalue weighted by Crippen LogP contribution is -2.40. The van der Waals surface area contributed by atoms with Crippen LogP contribution >= 0.6 is 0 Å². The van der Waals surface area contributed by atoms with Gasteiger partial charge in [-0.05, 0) is 64.4 Å². The standard InChI is InChI=1S/C22H23NO6S/c1-12-6-8-17(9-7-12)30(26,27)23-16(5)22(25)28-19-11-10-18-13(2)14(3)21(24)29-20(18)15(19)4/h6-11,16,23H,1-5H3/t16-/m1/s1. The maximum absolute atomic E-state index is 12.5. The lowest BCUT2D eigenvalue weighted by Gasteiger charge is -2.15. The molecule has 0 fully saturated rings. The molecular weight excluding hydrogens is 406 g/mol. The summed E-state index contributed by atoms with van der Waals surface area (Å²) in [6.45, 7) is 8.43. The summed E-state index contributed by atoms with van der Waals surface area (Å²) in [5.41, 5.74) is 2.60. The summed E-state index contributed by atoms with van der Waals surface area (Å²) in [7, 11) is -3.89. The lowest BCUT2D eigenvalue weighted by atomic mass is 10.0. The zero-order valence-electron chi connectivity index (χ0n) is 17.4. The number of carbonyl (C=O) groups is 1. The first kappa shape index (κ1) is 21.7. The molecule has 0 unspecified atom stereocenters. The van der Waals surface area contributed by atoms with Gasteiger partial charge in [-0.25, -0.2) is 18.0 Å². The SMILES string of the molecule is Cc1ccc(S(=O)(=O)N[C@H](C)C(=O)Oc2ccc3c(C)c(C)c(=O)oc3c2C)cc1. The number of hydrogen-bond donors (Lipinski definition) is 1. The molecule has 3 aromatic rings. The van der Waals surface area contributed by atoms with E-state index in [0.29, 0.717) is 16.7 Å². The van der Waals surface area contributed by atoms with Gasteiger partial charge in [0.15, 0.2) is 0 Å². The van der Waals surface area contributed by atoms with Gasteiger partial charge in [0.25, 0.3) is 0 Å². The average Bonchev–Trinajstić information content (AvgIpc) is 2.68. The fourth-order valence-corrected chi connectivity index (χ4v) is 4.19. The number of sulfonamides is 1. The summed E-state index contributed by atoms with van der Waals surface area (Å²) in [6.07, 6.45) is 0. The van der Waals surface area contributed by atoms with Crippen molar-refractivity contribution in [2.75, 3.05) is 0 Å². The van der Waals surface area contributed by atoms with Crippen molar-refractivity contribution in [3.8, 4) is 5.75 Å². The van der Waals surface area contributed by atoms with Gasteiger partial charge >= 0.3 is 11.6 Å². The molecular formula is C22H23NO6S. The molecule has 1 aromatic heterocycles. The Kier molecular flexibility index (Phi) is 5.83. The first-order valence-electron chi connectivity index (χ1n) is 9.35. The second-order valence-corrected chi connectivity index (χ2v) is 9.00. The highest BCUT2D eigenvalue weighted by atomic mass is 32.2. The summed E-state index contributed by atoms with van der Waals surface area (Å²) < 4.78 is 38.1. The number of rotatable bonds is 5. The molecule has 0 aliphatic heterocycles. The Morgan fingerprint density at radius 3 is 2.23 bits per heavy atom. The quantitative estimate of drug-likeness (QED) is 0.379. The molecule has 30 heavy (non-hydrogen) atoms. The van der Waals surface area contributed by atoms with Crippen LogP contribution in [0.4, 0.5) is 0 Å². The largest absolute Gasteiger partial charge is 0.425 e. The summed E-state index contributed by atoms with van der Waals surface area (Å²) >= 11 is 0. The smallest absolute Gasteiger partial charge is 0.339 e. The van der Waals surface area contributed by atoms with Crippen LogP contribution in [-0.2, 0) is 14.8 Å². The fourth-order valence-electron chi connectivity index (χ4n) is 3.00. The minimum absolute atomic E-state index is 0.0576. The predicted molar refractivity (Wildman–Crippen MR) is 113 cm³/mol. The van der Waals surface area contributed by atoms with Gasteiger partial charge in [0.1, 0.15) is 17.4 Å². The van der Waals surface area contributed by atoms with E-state index in [-0.39, 0.29) is 10.6 Å². The summed E-state index contributed by atoms with van der Waals surface area (Å²) in [4.78, 5) is 24.6. The lowest BCUT2D eigenvalue weighted by molar-refractivity contribution is -0.135. The molecule has 0 bridgehead atoms. The first-order chi connectivity index (χ1) is 14.0. The average molecular weight is 429 g/mol. The van der Waals surface area contributed by atoms with Crippen LogP contribution in [0, 0.1) is 27.7 Å². The number of aryl methyl sites for hydroxylation is 3. The number of esters is 1. The van der Waals surface area contributed by atoms with Crippen molar-refractivity contribution in [1.29, 1.82) is 0 Å². The van der Waals surface area contributed by atoms with E-state index in [2.05, 4.69) is 4.72 Å². The van der Waals surface area contributed by atoms with E-state index in [0.717, 1.165) is 16.5 Å². The van der Waals surface area contributed by atoms with Gasteiger partial charge in [-0.15, -0.1) is 0 Å². The van der Waals surface area contributed by atoms with Gasteiger partial charge in [0.05, 0.1) is 4.90 Å². The van der Waals surface area contributed by atoms with Gasteiger partial charge in [-0.1, -0.05) is 17.7 Å². The van der Waals surface area contributed by atoms with Crippen molar-refractivity contribution < 1.29 is 22.4 Å². The van der Waals surface area contributed by atoms with Crippen LogP contribution in [0.5, 0.6) is 5.75 Å². The molecule has 0 amide bonds. The molecule has 1 heterocycles. The van der Waals surface area contributed by atoms with Gasteiger partial charge in [0, 0.05) is 16.5 Å². The molecule has 0 saturated heterocycles. The number of ether oxygens (including phenoxy) is 1. The second-order valence-electron chi connectivity index (χ2n) is 7.28. The summed E-state index contributed by atoms with van der Waals surface area (Å²) in [5, 5.41) is 0.748. The third-order valence-electron chi connectivity index (χ3n) is 5.05. The fraction of sp³-hybridized carbons (Fsp3) is 0.273. The van der Waals surface area contributed by atoms with Crippen LogP contribution in [0.2, 0.25) is 0 Å². The summed E-state index contributed by atoms with van der Waals surface area (Å²) in [5.74, 6) is -0.584. The second kappa shape index (κ2) is 8.04. The molecule has 1 N–H and O–H groups in total. The highest BCUT2D eigenvalue weighted by Crippen LogP contribution is 2.29. The predicted octanol–water partition coefficient (Wildman–Crippen LogP) is 3.30. The molecule has 0 radical (unpaired) electrons. The Morgan fingerprint density at radius 2 is 1.60 bits per heavy atom. The van der Waals surface area contributed by atoms with Gasteiger partial charge in [0.2, 0.25) is 10.0 Å². The highest BCUT2D eigenvalue weighted by Gasteiger charge is 2.24. The van der Waals surface area contributed by atoms with Crippen molar-refractivity contribution in [3.63, 3.8) is 0 Å². The van der Waals surface area contributed by atoms with Crippen LogP contribution in [0.25, 0.3) is 11.0 Å². The number of hydrogen-bond acceptors (Lipinski definition) is 6. The van der Waals surface area contributed by atoms with Crippen molar-refractivity contribution >= 4 is 27.0 Å². The Morgan fingerprint density at radius 1 is 0.967 bits per heavy atom. The molecule has 3 rings (SSSR count). The van der Waals surface area contributed by atoms with Crippen LogP contribution in [0.1, 0.15) is 29.2 Å². The Bertz CT molecular complexity index is 1290. The first-order valence-corrected chi connectivity index (χ1v) is 10.8. The molecule has 1 atom stereocenters. The van der Waals surface area contributed by atoms with E-state index < -0.39 is 27.7 Å². The van der Waals surface area contributed by atoms with E-state index in [1.807, 2.05) is 13.8 Å². The number of fused-ring (bicyclic) bond motifs is 1. The normalized spacial score (nSPS) is 12.7. The monoisotopic (exact) mass is 429 g/mol. The zero-order chi connectivity index (χ0) is 22.2. The Labute approximate surface area is 174 Å². The zero-order valence-corrected chi connectivity index (χ0v) is 18.2. The molecule has 0 saturated carbocycles. The molecule has 0 aliphatic carbocycles. The Balaban J connectivity index is 1.84.